The number of carbonyl (C=O) groups is 1. The molecule has 0 heterocycles. The van der Waals surface area contributed by atoms with Crippen LogP contribution in [0.15, 0.2) is 12.7 Å². The molecule has 0 aromatic rings. The Labute approximate surface area is 66.5 Å². The Hall–Kier alpha value is -1.03. The smallest absolute Gasteiger partial charge is 0.450 e. The third kappa shape index (κ3) is 49.4. The first kappa shape index (κ1) is 12.6. The van der Waals surface area contributed by atoms with E-state index in [4.69, 9.17) is 15.0 Å². The predicted molar refractivity (Wildman–Crippen MR) is 44.0 cm³/mol. The van der Waals surface area contributed by atoms with Crippen molar-refractivity contribution in [1.29, 1.82) is 0 Å². The standard InChI is InChI=1S/C6H13N.CH2O3/c1-3-5-7-6-4-2;2-1(3)4/h3,7H,1,4-6H2,2H3;(H2,2,3,4). The van der Waals surface area contributed by atoms with Gasteiger partial charge in [-0.15, -0.1) is 6.58 Å². The van der Waals surface area contributed by atoms with Gasteiger partial charge < -0.3 is 15.5 Å². The van der Waals surface area contributed by atoms with Gasteiger partial charge in [-0.05, 0) is 13.0 Å². The van der Waals surface area contributed by atoms with Crippen LogP contribution in [0.3, 0.4) is 0 Å². The fourth-order valence-electron chi connectivity index (χ4n) is 0.381. The summed E-state index contributed by atoms with van der Waals surface area (Å²) in [6, 6.07) is 0. The minimum atomic E-state index is -1.83. The van der Waals surface area contributed by atoms with Gasteiger partial charge in [0.05, 0.1) is 0 Å². The summed E-state index contributed by atoms with van der Waals surface area (Å²) in [6.45, 7) is 7.76. The maximum atomic E-state index is 8.56. The van der Waals surface area contributed by atoms with Crippen molar-refractivity contribution in [3.63, 3.8) is 0 Å². The molecule has 0 saturated carbocycles. The van der Waals surface area contributed by atoms with E-state index in [2.05, 4.69) is 18.8 Å². The zero-order valence-electron chi connectivity index (χ0n) is 6.71. The van der Waals surface area contributed by atoms with Crippen LogP contribution in [0.4, 0.5) is 4.79 Å². The molecule has 4 heteroatoms. The lowest BCUT2D eigenvalue weighted by Crippen LogP contribution is -2.13. The van der Waals surface area contributed by atoms with Crippen LogP contribution in [0.5, 0.6) is 0 Å². The first-order valence-corrected chi connectivity index (χ1v) is 3.38. The van der Waals surface area contributed by atoms with Crippen molar-refractivity contribution in [2.75, 3.05) is 13.1 Å². The molecule has 3 N–H and O–H groups in total. The van der Waals surface area contributed by atoms with E-state index in [1.54, 1.807) is 0 Å². The molecule has 0 aliphatic rings. The molecule has 0 aromatic heterocycles. The van der Waals surface area contributed by atoms with E-state index in [0.29, 0.717) is 0 Å². The molecule has 4 nitrogen and oxygen atoms in total. The highest BCUT2D eigenvalue weighted by molar-refractivity contribution is 5.53. The van der Waals surface area contributed by atoms with E-state index in [-0.39, 0.29) is 0 Å². The molecule has 0 spiro atoms. The second-order valence-electron chi connectivity index (χ2n) is 1.78. The van der Waals surface area contributed by atoms with E-state index in [0.717, 1.165) is 13.1 Å². The summed E-state index contributed by atoms with van der Waals surface area (Å²) in [7, 11) is 0. The van der Waals surface area contributed by atoms with Crippen molar-refractivity contribution in [2.24, 2.45) is 0 Å². The molecule has 0 atom stereocenters. The molecule has 0 saturated heterocycles. The van der Waals surface area contributed by atoms with E-state index in [1.165, 1.54) is 6.42 Å². The summed E-state index contributed by atoms with van der Waals surface area (Å²) >= 11 is 0. The lowest BCUT2D eigenvalue weighted by Gasteiger charge is -1.93. The van der Waals surface area contributed by atoms with Gasteiger partial charge in [-0.3, -0.25) is 0 Å². The monoisotopic (exact) mass is 161 g/mol. The molecule has 0 aliphatic heterocycles. The van der Waals surface area contributed by atoms with Gasteiger partial charge in [0, 0.05) is 6.54 Å². The molecule has 0 aliphatic carbocycles. The van der Waals surface area contributed by atoms with E-state index < -0.39 is 6.16 Å². The van der Waals surface area contributed by atoms with Crippen LogP contribution < -0.4 is 5.32 Å². The van der Waals surface area contributed by atoms with E-state index >= 15 is 0 Å². The largest absolute Gasteiger partial charge is 0.503 e. The molecule has 66 valence electrons. The molecule has 0 amide bonds. The SMILES string of the molecule is C=CCNCCC.O=C(O)O. The van der Waals surface area contributed by atoms with Crippen molar-refractivity contribution in [3.8, 4) is 0 Å². The molecule has 0 unspecified atom stereocenters. The number of rotatable bonds is 4. The second-order valence-corrected chi connectivity index (χ2v) is 1.78. The van der Waals surface area contributed by atoms with Crippen LogP contribution in [0.1, 0.15) is 13.3 Å². The number of carboxylic acid groups (broad SMARTS) is 2. The molecular formula is C7H15NO3. The van der Waals surface area contributed by atoms with Crippen molar-refractivity contribution >= 4 is 6.16 Å². The molecule has 0 radical (unpaired) electrons. The maximum absolute atomic E-state index is 8.56. The Kier molecular flexibility index (Phi) is 13.5. The summed E-state index contributed by atoms with van der Waals surface area (Å²) < 4.78 is 0. The van der Waals surface area contributed by atoms with E-state index in [1.807, 2.05) is 6.08 Å². The molecule has 0 aromatic carbocycles. The summed E-state index contributed by atoms with van der Waals surface area (Å²) in [5.74, 6) is 0. The third-order valence-electron chi connectivity index (χ3n) is 0.715. The minimum Gasteiger partial charge on any atom is -0.450 e. The Morgan fingerprint density at radius 1 is 1.64 bits per heavy atom. The lowest BCUT2D eigenvalue weighted by molar-refractivity contribution is 0.137. The van der Waals surface area contributed by atoms with Crippen LogP contribution >= 0.6 is 0 Å². The van der Waals surface area contributed by atoms with Crippen LogP contribution in [-0.4, -0.2) is 29.5 Å². The Bertz CT molecular complexity index is 99.9. The molecule has 0 rings (SSSR count). The zero-order chi connectivity index (χ0) is 9.11. The Morgan fingerprint density at radius 2 is 2.09 bits per heavy atom. The maximum Gasteiger partial charge on any atom is 0.503 e. The van der Waals surface area contributed by atoms with Crippen LogP contribution in [0.2, 0.25) is 0 Å². The second kappa shape index (κ2) is 11.7. The van der Waals surface area contributed by atoms with Crippen LogP contribution in [0.25, 0.3) is 0 Å². The van der Waals surface area contributed by atoms with Crippen molar-refractivity contribution in [1.82, 2.24) is 5.32 Å². The highest BCUT2D eigenvalue weighted by Gasteiger charge is 1.73. The van der Waals surface area contributed by atoms with Crippen molar-refractivity contribution < 1.29 is 15.0 Å². The van der Waals surface area contributed by atoms with Gasteiger partial charge in [0.1, 0.15) is 0 Å². The van der Waals surface area contributed by atoms with Crippen molar-refractivity contribution in [3.05, 3.63) is 12.7 Å². The third-order valence-corrected chi connectivity index (χ3v) is 0.715. The van der Waals surface area contributed by atoms with Crippen LogP contribution in [0, 0.1) is 0 Å². The molecule has 0 fully saturated rings. The number of hydrogen-bond donors (Lipinski definition) is 3. The predicted octanol–water partition coefficient (Wildman–Crippen LogP) is 1.39. The summed E-state index contributed by atoms with van der Waals surface area (Å²) in [5, 5.41) is 17.1. The fraction of sp³-hybridized carbons (Fsp3) is 0.571. The molecular weight excluding hydrogens is 146 g/mol. The Morgan fingerprint density at radius 3 is 2.36 bits per heavy atom. The number of hydrogen-bond acceptors (Lipinski definition) is 2. The van der Waals surface area contributed by atoms with Crippen molar-refractivity contribution in [2.45, 2.75) is 13.3 Å². The topological polar surface area (TPSA) is 69.6 Å². The first-order valence-electron chi connectivity index (χ1n) is 3.38. The lowest BCUT2D eigenvalue weighted by atomic mass is 10.5. The highest BCUT2D eigenvalue weighted by atomic mass is 16.6. The fourth-order valence-corrected chi connectivity index (χ4v) is 0.381. The van der Waals surface area contributed by atoms with Gasteiger partial charge in [0.2, 0.25) is 0 Å². The van der Waals surface area contributed by atoms with Gasteiger partial charge in [-0.25, -0.2) is 4.79 Å². The van der Waals surface area contributed by atoms with E-state index in [9.17, 15) is 0 Å². The zero-order valence-corrected chi connectivity index (χ0v) is 6.71. The quantitative estimate of drug-likeness (QED) is 0.430. The summed E-state index contributed by atoms with van der Waals surface area (Å²) in [6.07, 6.45) is 1.24. The van der Waals surface area contributed by atoms with Gasteiger partial charge in [0.25, 0.3) is 0 Å². The molecule has 0 bridgehead atoms. The van der Waals surface area contributed by atoms with Crippen LogP contribution in [-0.2, 0) is 0 Å². The Balaban J connectivity index is 0. The minimum absolute atomic E-state index is 0.938. The molecule has 11 heavy (non-hydrogen) atoms. The average molecular weight is 161 g/mol. The van der Waals surface area contributed by atoms with Gasteiger partial charge in [-0.2, -0.15) is 0 Å². The first-order chi connectivity index (χ1) is 5.15. The highest BCUT2D eigenvalue weighted by Crippen LogP contribution is 1.67. The average Bonchev–Trinajstić information content (AvgIpc) is 1.88. The van der Waals surface area contributed by atoms with Gasteiger partial charge in [0.15, 0.2) is 0 Å². The normalized spacial score (nSPS) is 7.73. The van der Waals surface area contributed by atoms with Gasteiger partial charge in [-0.1, -0.05) is 13.0 Å². The summed E-state index contributed by atoms with van der Waals surface area (Å²) in [4.78, 5) is 8.56. The summed E-state index contributed by atoms with van der Waals surface area (Å²) in [5.41, 5.74) is 0. The number of nitrogens with one attached hydrogen (secondary N) is 1. The van der Waals surface area contributed by atoms with Gasteiger partial charge >= 0.3 is 6.16 Å².